The first-order chi connectivity index (χ1) is 19.9. The fourth-order valence-corrected chi connectivity index (χ4v) is 4.51. The number of imide groups is 1. The molecule has 0 aliphatic carbocycles. The van der Waals surface area contributed by atoms with E-state index in [0.29, 0.717) is 29.8 Å². The molecule has 8 N–H and O–H groups in total. The van der Waals surface area contributed by atoms with Crippen molar-refractivity contribution in [3.8, 4) is 0 Å². The van der Waals surface area contributed by atoms with Gasteiger partial charge in [0.1, 0.15) is 6.04 Å². The molecule has 3 aromatic rings. The zero-order chi connectivity index (χ0) is 31.0. The molecular weight excluding hydrogens is 562 g/mol. The number of rotatable bonds is 11. The third-order valence-electron chi connectivity index (χ3n) is 6.54. The first-order valence-corrected chi connectivity index (χ1v) is 12.9. The van der Waals surface area contributed by atoms with Crippen molar-refractivity contribution in [1.29, 1.82) is 0 Å². The first kappa shape index (κ1) is 34.0. The zero-order valence-corrected chi connectivity index (χ0v) is 23.9. The van der Waals surface area contributed by atoms with Gasteiger partial charge in [-0.25, -0.2) is 19.2 Å². The largest absolute Gasteiger partial charge is 0.478 e. The normalized spacial score (nSPS) is 14.3. The van der Waals surface area contributed by atoms with Crippen LogP contribution in [0.15, 0.2) is 54.7 Å². The van der Waals surface area contributed by atoms with Gasteiger partial charge in [-0.3, -0.25) is 9.69 Å². The van der Waals surface area contributed by atoms with Crippen molar-refractivity contribution < 1.29 is 44.8 Å². The topological polar surface area (TPSA) is 224 Å². The fraction of sp³-hybridized carbons (Fsp3) is 0.276. The highest BCUT2D eigenvalue weighted by Crippen LogP contribution is 2.25. The van der Waals surface area contributed by atoms with Crippen LogP contribution in [0.1, 0.15) is 27.0 Å². The first-order valence-electron chi connectivity index (χ1n) is 12.9. The summed E-state index contributed by atoms with van der Waals surface area (Å²) in [4.78, 5) is 63.1. The summed E-state index contributed by atoms with van der Waals surface area (Å²) in [6.45, 7) is 0.820. The number of hydrogen-bond acceptors (Lipinski definition) is 7. The minimum absolute atomic E-state index is 0. The maximum Gasteiger partial charge on any atom is 0.338 e. The van der Waals surface area contributed by atoms with E-state index in [1.165, 1.54) is 5.56 Å². The maximum atomic E-state index is 13.1. The molecule has 1 aromatic heterocycles. The molecule has 2 heterocycles. The Morgan fingerprint density at radius 2 is 1.70 bits per heavy atom. The Morgan fingerprint density at radius 3 is 2.28 bits per heavy atom. The third kappa shape index (κ3) is 8.89. The molecule has 4 rings (SSSR count). The summed E-state index contributed by atoms with van der Waals surface area (Å²) in [5.74, 6) is -3.99. The quantitative estimate of drug-likeness (QED) is 0.138. The van der Waals surface area contributed by atoms with Crippen molar-refractivity contribution in [2.45, 2.75) is 25.4 Å². The molecule has 1 fully saturated rings. The highest BCUT2D eigenvalue weighted by atomic mass is 16.4. The van der Waals surface area contributed by atoms with Crippen LogP contribution < -0.4 is 10.6 Å². The lowest BCUT2D eigenvalue weighted by molar-refractivity contribution is -0.134. The van der Waals surface area contributed by atoms with Gasteiger partial charge in [-0.1, -0.05) is 18.2 Å². The van der Waals surface area contributed by atoms with Crippen molar-refractivity contribution in [3.63, 3.8) is 0 Å². The van der Waals surface area contributed by atoms with Crippen LogP contribution in [0.25, 0.3) is 10.9 Å². The van der Waals surface area contributed by atoms with Crippen molar-refractivity contribution >= 4 is 46.4 Å². The van der Waals surface area contributed by atoms with E-state index in [-0.39, 0.29) is 23.5 Å². The molecule has 1 saturated heterocycles. The average Bonchev–Trinajstić information content (AvgIpc) is 3.45. The van der Waals surface area contributed by atoms with Gasteiger partial charge in [-0.05, 0) is 55.4 Å². The number of benzene rings is 2. The summed E-state index contributed by atoms with van der Waals surface area (Å²) in [6.07, 6.45) is 4.39. The molecule has 0 spiro atoms. The highest BCUT2D eigenvalue weighted by molar-refractivity contribution is 6.05. The minimum Gasteiger partial charge on any atom is -0.478 e. The van der Waals surface area contributed by atoms with Crippen LogP contribution in [0.2, 0.25) is 0 Å². The van der Waals surface area contributed by atoms with Crippen molar-refractivity contribution in [1.82, 2.24) is 20.1 Å². The lowest BCUT2D eigenvalue weighted by Gasteiger charge is -2.16. The van der Waals surface area contributed by atoms with Gasteiger partial charge in [0, 0.05) is 55.0 Å². The Labute approximate surface area is 246 Å². The number of aromatic nitrogens is 1. The predicted molar refractivity (Wildman–Crippen MR) is 158 cm³/mol. The molecule has 230 valence electrons. The summed E-state index contributed by atoms with van der Waals surface area (Å²) in [6, 6.07) is 9.76. The molecule has 14 heteroatoms. The molecule has 0 radical (unpaired) electrons. The molecule has 3 amide bonds. The van der Waals surface area contributed by atoms with Crippen LogP contribution in [0.3, 0.4) is 0 Å². The summed E-state index contributed by atoms with van der Waals surface area (Å²) < 4.78 is 0. The Balaban J connectivity index is 0.000000632. The lowest BCUT2D eigenvalue weighted by atomic mass is 10.0. The van der Waals surface area contributed by atoms with Gasteiger partial charge < -0.3 is 41.3 Å². The van der Waals surface area contributed by atoms with Gasteiger partial charge in [0.15, 0.2) is 0 Å². The molecule has 1 aliphatic rings. The number of nitrogens with zero attached hydrogens (tertiary/aromatic N) is 2. The van der Waals surface area contributed by atoms with Crippen LogP contribution in [0, 0.1) is 0 Å². The van der Waals surface area contributed by atoms with E-state index in [1.54, 1.807) is 25.2 Å². The molecule has 14 nitrogen and oxygen atoms in total. The smallest absolute Gasteiger partial charge is 0.338 e. The van der Waals surface area contributed by atoms with Gasteiger partial charge in [0.2, 0.25) is 0 Å². The number of carbonyl (C=O) groups is 5. The molecule has 1 unspecified atom stereocenters. The van der Waals surface area contributed by atoms with Gasteiger partial charge in [-0.15, -0.1) is 0 Å². The third-order valence-corrected chi connectivity index (χ3v) is 6.54. The number of aliphatic carboxylic acids is 2. The van der Waals surface area contributed by atoms with E-state index in [1.807, 2.05) is 32.4 Å². The predicted octanol–water partition coefficient (Wildman–Crippen LogP) is 1.56. The average molecular weight is 598 g/mol. The zero-order valence-electron chi connectivity index (χ0n) is 23.9. The highest BCUT2D eigenvalue weighted by Gasteiger charge is 2.38. The van der Waals surface area contributed by atoms with E-state index in [9.17, 15) is 29.1 Å². The molecule has 43 heavy (non-hydrogen) atoms. The van der Waals surface area contributed by atoms with Crippen LogP contribution in [0.4, 0.5) is 10.5 Å². The van der Waals surface area contributed by atoms with Crippen molar-refractivity contribution in [3.05, 3.63) is 77.0 Å². The van der Waals surface area contributed by atoms with Crippen LogP contribution >= 0.6 is 0 Å². The number of aromatic amines is 1. The summed E-state index contributed by atoms with van der Waals surface area (Å²) in [7, 11) is 5.70. The number of carboxylic acid groups (broad SMARTS) is 3. The van der Waals surface area contributed by atoms with Crippen LogP contribution in [-0.2, 0) is 33.8 Å². The SMILES string of the molecule is CNc1cccc(CN2C(=O)NC(Cc3ccc4[nH]cc(CCN(C)C)c4c3)C2=O)c1C(=O)O.O.O=C(O)/C=C\C(=O)O. The van der Waals surface area contributed by atoms with Crippen LogP contribution in [0.5, 0.6) is 0 Å². The molecule has 2 aromatic carbocycles. The van der Waals surface area contributed by atoms with Gasteiger partial charge in [-0.2, -0.15) is 0 Å². The molecule has 0 saturated carbocycles. The number of anilines is 1. The van der Waals surface area contributed by atoms with Crippen LogP contribution in [-0.4, -0.2) is 99.2 Å². The number of amides is 3. The molecule has 1 aliphatic heterocycles. The lowest BCUT2D eigenvalue weighted by Crippen LogP contribution is -2.32. The summed E-state index contributed by atoms with van der Waals surface area (Å²) in [5, 5.41) is 32.0. The molecular formula is C29H35N5O9. The van der Waals surface area contributed by atoms with E-state index in [0.717, 1.165) is 34.3 Å². The number of carboxylic acids is 3. The number of likely N-dealkylation sites (N-methyl/N-ethyl adjacent to an activating group) is 1. The Morgan fingerprint density at radius 1 is 1.02 bits per heavy atom. The number of nitrogens with one attached hydrogen (secondary N) is 3. The monoisotopic (exact) mass is 597 g/mol. The number of fused-ring (bicyclic) bond motifs is 1. The Hall–Kier alpha value is -5.21. The maximum absolute atomic E-state index is 13.1. The van der Waals surface area contributed by atoms with E-state index in [4.69, 9.17) is 10.2 Å². The van der Waals surface area contributed by atoms with E-state index in [2.05, 4.69) is 26.6 Å². The van der Waals surface area contributed by atoms with E-state index >= 15 is 0 Å². The standard InChI is InChI=1S/C25H29N5O4.C4H4O4.H2O/c1-26-20-6-4-5-17(22(20)24(32)33)14-30-23(31)21(28-25(30)34)12-15-7-8-19-18(11-15)16(13-27-19)9-10-29(2)3;5-3(6)1-2-4(7)8;/h4-8,11,13,21,26-27H,9-10,12,14H2,1-3H3,(H,28,34)(H,32,33);1-2H,(H,5,6)(H,7,8);1H2/b;2-1-;. The van der Waals surface area contributed by atoms with E-state index < -0.39 is 30.0 Å². The summed E-state index contributed by atoms with van der Waals surface area (Å²) >= 11 is 0. The van der Waals surface area contributed by atoms with Gasteiger partial charge in [0.05, 0.1) is 12.1 Å². The number of carbonyl (C=O) groups excluding carboxylic acids is 2. The fourth-order valence-electron chi connectivity index (χ4n) is 4.51. The second-order valence-electron chi connectivity index (χ2n) is 9.78. The number of hydrogen-bond donors (Lipinski definition) is 6. The minimum atomic E-state index is -1.26. The van der Waals surface area contributed by atoms with Crippen molar-refractivity contribution in [2.24, 2.45) is 0 Å². The molecule has 0 bridgehead atoms. The Kier molecular flexibility index (Phi) is 12.0. The van der Waals surface area contributed by atoms with Gasteiger partial charge >= 0.3 is 23.9 Å². The second-order valence-corrected chi connectivity index (χ2v) is 9.78. The summed E-state index contributed by atoms with van der Waals surface area (Å²) in [5.41, 5.74) is 4.06. The molecule has 1 atom stereocenters. The number of aromatic carboxylic acids is 1. The Bertz CT molecular complexity index is 1510. The second kappa shape index (κ2) is 15.1. The number of urea groups is 1. The van der Waals surface area contributed by atoms with Gasteiger partial charge in [0.25, 0.3) is 5.91 Å². The number of H-pyrrole nitrogens is 1. The van der Waals surface area contributed by atoms with Crippen molar-refractivity contribution in [2.75, 3.05) is 33.0 Å².